The molecule has 37 heavy (non-hydrogen) atoms. The molecule has 0 aromatic heterocycles. The number of fused-ring (bicyclic) bond motifs is 2. The first-order chi connectivity index (χ1) is 17.7. The summed E-state index contributed by atoms with van der Waals surface area (Å²) in [5.74, 6) is -3.40. The van der Waals surface area contributed by atoms with Gasteiger partial charge in [-0.3, -0.25) is 14.4 Å². The number of phenols is 2. The lowest BCUT2D eigenvalue weighted by Gasteiger charge is -2.32. The molecule has 1 aliphatic carbocycles. The van der Waals surface area contributed by atoms with Crippen LogP contribution in [-0.2, 0) is 20.7 Å². The third-order valence-corrected chi connectivity index (χ3v) is 6.89. The highest BCUT2D eigenvalue weighted by molar-refractivity contribution is 6.31. The van der Waals surface area contributed by atoms with E-state index in [2.05, 4.69) is 0 Å². The molecule has 198 valence electrons. The van der Waals surface area contributed by atoms with Gasteiger partial charge in [0, 0.05) is 23.9 Å². The fraction of sp³-hybridized carbons (Fsp3) is 0.444. The first-order valence-electron chi connectivity index (χ1n) is 12.2. The Labute approximate surface area is 213 Å². The van der Waals surface area contributed by atoms with E-state index in [1.54, 1.807) is 6.07 Å². The number of methoxy groups -OCH3 is 1. The zero-order valence-corrected chi connectivity index (χ0v) is 20.7. The molecular formula is C27H31NO9. The van der Waals surface area contributed by atoms with E-state index in [-0.39, 0.29) is 65.2 Å². The van der Waals surface area contributed by atoms with Crippen molar-refractivity contribution in [3.05, 3.63) is 52.1 Å². The molecule has 0 saturated carbocycles. The molecule has 2 aromatic rings. The molecule has 0 amide bonds. The van der Waals surface area contributed by atoms with Crippen LogP contribution in [0.3, 0.4) is 0 Å². The van der Waals surface area contributed by atoms with Gasteiger partial charge >= 0.3 is 0 Å². The number of ether oxygens (including phenoxy) is 3. The quantitative estimate of drug-likeness (QED) is 0.310. The van der Waals surface area contributed by atoms with Crippen LogP contribution in [0.4, 0.5) is 0 Å². The van der Waals surface area contributed by atoms with Crippen molar-refractivity contribution in [2.24, 2.45) is 11.7 Å². The largest absolute Gasteiger partial charge is 0.507 e. The summed E-state index contributed by atoms with van der Waals surface area (Å²) in [5, 5.41) is 31.3. The number of ketones is 3. The van der Waals surface area contributed by atoms with Gasteiger partial charge in [-0.1, -0.05) is 12.1 Å². The van der Waals surface area contributed by atoms with Gasteiger partial charge in [-0.25, -0.2) is 0 Å². The van der Waals surface area contributed by atoms with Crippen molar-refractivity contribution in [2.45, 2.75) is 51.0 Å². The van der Waals surface area contributed by atoms with Gasteiger partial charge in [-0.15, -0.1) is 0 Å². The average molecular weight is 514 g/mol. The number of phenolic OH excluding ortho intramolecular Hbond substituents is 2. The number of aromatic hydroxyl groups is 2. The summed E-state index contributed by atoms with van der Waals surface area (Å²) in [6, 6.07) is 5.64. The summed E-state index contributed by atoms with van der Waals surface area (Å²) >= 11 is 0. The lowest BCUT2D eigenvalue weighted by Crippen LogP contribution is -2.40. The van der Waals surface area contributed by atoms with E-state index in [0.717, 1.165) is 6.42 Å². The zero-order chi connectivity index (χ0) is 26.9. The summed E-state index contributed by atoms with van der Waals surface area (Å²) in [7, 11) is 1.36. The SMILES string of the molecule is COc1cccc2c1C(=O)c1c(O)cc(CC(CCOC3CC(N)CC(C)O3)C(=O)CO)c(O)c1C2=O. The number of carbonyl (C=O) groups excluding carboxylic acids is 3. The van der Waals surface area contributed by atoms with E-state index in [1.165, 1.54) is 25.3 Å². The molecule has 10 nitrogen and oxygen atoms in total. The Hall–Kier alpha value is -3.31. The predicted octanol–water partition coefficient (Wildman–Crippen LogP) is 1.86. The summed E-state index contributed by atoms with van der Waals surface area (Å²) in [6.45, 7) is 1.30. The highest BCUT2D eigenvalue weighted by Crippen LogP contribution is 2.43. The molecule has 1 saturated heterocycles. The molecule has 1 aliphatic heterocycles. The number of aliphatic hydroxyl groups excluding tert-OH is 1. The van der Waals surface area contributed by atoms with E-state index < -0.39 is 47.7 Å². The van der Waals surface area contributed by atoms with E-state index in [9.17, 15) is 29.7 Å². The molecule has 1 heterocycles. The van der Waals surface area contributed by atoms with E-state index >= 15 is 0 Å². The number of Topliss-reactive ketones (excluding diaryl/α,β-unsaturated/α-hetero) is 1. The van der Waals surface area contributed by atoms with Crippen LogP contribution in [0.2, 0.25) is 0 Å². The van der Waals surface area contributed by atoms with Gasteiger partial charge in [0.2, 0.25) is 5.78 Å². The molecule has 0 radical (unpaired) electrons. The molecule has 5 N–H and O–H groups in total. The maximum absolute atomic E-state index is 13.3. The molecular weight excluding hydrogens is 482 g/mol. The Balaban J connectivity index is 1.58. The minimum Gasteiger partial charge on any atom is -0.507 e. The van der Waals surface area contributed by atoms with Gasteiger partial charge in [0.25, 0.3) is 0 Å². The second-order valence-corrected chi connectivity index (χ2v) is 9.49. The number of benzene rings is 2. The number of hydrogen-bond donors (Lipinski definition) is 4. The number of carbonyl (C=O) groups is 3. The van der Waals surface area contributed by atoms with Crippen LogP contribution in [0.25, 0.3) is 0 Å². The third-order valence-electron chi connectivity index (χ3n) is 6.89. The highest BCUT2D eigenvalue weighted by Gasteiger charge is 2.38. The summed E-state index contributed by atoms with van der Waals surface area (Å²) in [4.78, 5) is 39.0. The van der Waals surface area contributed by atoms with Crippen LogP contribution >= 0.6 is 0 Å². The smallest absolute Gasteiger partial charge is 0.202 e. The first-order valence-corrected chi connectivity index (χ1v) is 12.2. The number of hydrogen-bond acceptors (Lipinski definition) is 10. The maximum Gasteiger partial charge on any atom is 0.202 e. The molecule has 4 unspecified atom stereocenters. The van der Waals surface area contributed by atoms with Crippen molar-refractivity contribution < 1.29 is 43.9 Å². The van der Waals surface area contributed by atoms with Crippen molar-refractivity contribution in [1.82, 2.24) is 0 Å². The number of nitrogens with two attached hydrogens (primary N) is 1. The highest BCUT2D eigenvalue weighted by atomic mass is 16.7. The van der Waals surface area contributed by atoms with Gasteiger partial charge in [-0.2, -0.15) is 0 Å². The van der Waals surface area contributed by atoms with E-state index in [0.29, 0.717) is 6.42 Å². The van der Waals surface area contributed by atoms with Crippen molar-refractivity contribution in [2.75, 3.05) is 20.3 Å². The Morgan fingerprint density at radius 2 is 1.92 bits per heavy atom. The van der Waals surface area contributed by atoms with Crippen molar-refractivity contribution >= 4 is 17.3 Å². The molecule has 0 bridgehead atoms. The second-order valence-electron chi connectivity index (χ2n) is 9.49. The number of rotatable bonds is 9. The summed E-state index contributed by atoms with van der Waals surface area (Å²) in [5.41, 5.74) is 5.51. The Kier molecular flexibility index (Phi) is 7.93. The second kappa shape index (κ2) is 11.0. The van der Waals surface area contributed by atoms with Crippen LogP contribution in [0.5, 0.6) is 17.2 Å². The van der Waals surface area contributed by atoms with Crippen molar-refractivity contribution in [3.8, 4) is 17.2 Å². The van der Waals surface area contributed by atoms with Gasteiger partial charge in [0.05, 0.1) is 36.5 Å². The van der Waals surface area contributed by atoms with Gasteiger partial charge < -0.3 is 35.3 Å². The normalized spacial score (nSPS) is 21.8. The van der Waals surface area contributed by atoms with E-state index in [1.807, 2.05) is 6.92 Å². The molecule has 10 heteroatoms. The predicted molar refractivity (Wildman–Crippen MR) is 131 cm³/mol. The summed E-state index contributed by atoms with van der Waals surface area (Å²) < 4.78 is 16.7. The summed E-state index contributed by atoms with van der Waals surface area (Å²) in [6.07, 6.45) is 0.779. The molecule has 4 atom stereocenters. The molecule has 0 spiro atoms. The standard InChI is InChI=1S/C27H31NO9/c1-13-8-16(28)11-21(37-13)36-7-6-14(19(31)12-29)9-15-10-18(30)23-24(25(15)32)26(33)17-4-3-5-20(35-2)22(17)27(23)34/h3-5,10,13-14,16,21,29-30,32H,6-9,11-12,28H2,1-2H3. The topological polar surface area (TPSA) is 166 Å². The van der Waals surface area contributed by atoms with Crippen LogP contribution in [0.15, 0.2) is 24.3 Å². The fourth-order valence-electron chi connectivity index (χ4n) is 5.06. The average Bonchev–Trinajstić information content (AvgIpc) is 2.86. The van der Waals surface area contributed by atoms with E-state index in [4.69, 9.17) is 19.9 Å². The monoisotopic (exact) mass is 513 g/mol. The van der Waals surface area contributed by atoms with Gasteiger partial charge in [0.1, 0.15) is 23.9 Å². The Morgan fingerprint density at radius 1 is 1.16 bits per heavy atom. The van der Waals surface area contributed by atoms with Crippen LogP contribution in [0.1, 0.15) is 63.6 Å². The molecule has 4 rings (SSSR count). The Bertz CT molecular complexity index is 1210. The van der Waals surface area contributed by atoms with Gasteiger partial charge in [-0.05, 0) is 43.9 Å². The lowest BCUT2D eigenvalue weighted by molar-refractivity contribution is -0.194. The Morgan fingerprint density at radius 3 is 2.59 bits per heavy atom. The fourth-order valence-corrected chi connectivity index (χ4v) is 5.06. The zero-order valence-electron chi connectivity index (χ0n) is 20.7. The maximum atomic E-state index is 13.3. The van der Waals surface area contributed by atoms with Crippen LogP contribution in [0, 0.1) is 5.92 Å². The third kappa shape index (κ3) is 5.24. The number of aliphatic hydroxyl groups is 1. The van der Waals surface area contributed by atoms with Crippen LogP contribution in [-0.4, -0.2) is 71.4 Å². The minimum absolute atomic E-state index is 0.00871. The first kappa shape index (κ1) is 26.7. The minimum atomic E-state index is -0.787. The van der Waals surface area contributed by atoms with Crippen LogP contribution < -0.4 is 10.5 Å². The lowest BCUT2D eigenvalue weighted by atomic mass is 9.80. The molecule has 1 fully saturated rings. The van der Waals surface area contributed by atoms with Crippen molar-refractivity contribution in [3.63, 3.8) is 0 Å². The molecule has 2 aliphatic rings. The van der Waals surface area contributed by atoms with Crippen molar-refractivity contribution in [1.29, 1.82) is 0 Å². The molecule has 2 aromatic carbocycles. The van der Waals surface area contributed by atoms with Gasteiger partial charge in [0.15, 0.2) is 17.9 Å².